The van der Waals surface area contributed by atoms with Gasteiger partial charge >= 0.3 is 14.3 Å². The fraction of sp³-hybridized carbons (Fsp3) is 0.821. The average molecular weight is 613 g/mol. The molecule has 0 aliphatic carbocycles. The quantitative estimate of drug-likeness (QED) is 0.379. The number of aromatic nitrogens is 2. The van der Waals surface area contributed by atoms with E-state index in [9.17, 15) is 14.4 Å². The normalized spacial score (nSPS) is 25.2. The Morgan fingerprint density at radius 3 is 2.29 bits per heavy atom. The van der Waals surface area contributed by atoms with Crippen LogP contribution in [0.1, 0.15) is 80.4 Å². The topological polar surface area (TPSA) is 147 Å². The van der Waals surface area contributed by atoms with Crippen LogP contribution < -0.4 is 22.3 Å². The number of rotatable bonds is 8. The number of hydrogen-bond acceptors (Lipinski definition) is 8. The standard InChI is InChI=1S/C28H52N4O7Si2/c1-26(2,3)40(10,11)38-23-21(18-16-32(25(35)31-24(18)34)15-12-20(33)30-14-13-29)37-19-17-36-41(27(4,5)6,28(7,8)9)39-22(19)23/h16,19,21-23H,12-15,17,29H2,1-11H3,(H,30,33)(H,31,34,35)/t19-,21+,22+,23?/m1/s1. The van der Waals surface area contributed by atoms with Crippen molar-refractivity contribution in [2.24, 2.45) is 5.73 Å². The van der Waals surface area contributed by atoms with Crippen LogP contribution in [0.4, 0.5) is 0 Å². The van der Waals surface area contributed by atoms with E-state index in [1.165, 1.54) is 10.8 Å². The first kappa shape index (κ1) is 33.9. The Labute approximate surface area is 246 Å². The lowest BCUT2D eigenvalue weighted by Crippen LogP contribution is -2.66. The van der Waals surface area contributed by atoms with Crippen LogP contribution >= 0.6 is 0 Å². The monoisotopic (exact) mass is 612 g/mol. The first-order chi connectivity index (χ1) is 18.6. The van der Waals surface area contributed by atoms with Gasteiger partial charge in [0, 0.05) is 42.3 Å². The third-order valence-electron chi connectivity index (χ3n) is 8.67. The number of aromatic amines is 1. The lowest BCUT2D eigenvalue weighted by atomic mass is 10.0. The van der Waals surface area contributed by atoms with Gasteiger partial charge in [0.05, 0.1) is 12.2 Å². The zero-order valence-corrected chi connectivity index (χ0v) is 28.8. The number of ether oxygens (including phenoxy) is 1. The molecule has 1 aromatic heterocycles. The molecule has 3 rings (SSSR count). The molecule has 2 fully saturated rings. The molecule has 2 aliphatic heterocycles. The Morgan fingerprint density at radius 1 is 1.15 bits per heavy atom. The smallest absolute Gasteiger partial charge is 0.349 e. The van der Waals surface area contributed by atoms with Crippen LogP contribution in [0.3, 0.4) is 0 Å². The van der Waals surface area contributed by atoms with Crippen molar-refractivity contribution in [2.75, 3.05) is 19.7 Å². The van der Waals surface area contributed by atoms with E-state index in [0.717, 1.165) is 0 Å². The zero-order chi connectivity index (χ0) is 31.2. The van der Waals surface area contributed by atoms with E-state index in [-0.39, 0.29) is 39.6 Å². The van der Waals surface area contributed by atoms with Gasteiger partial charge < -0.3 is 29.1 Å². The number of amides is 1. The van der Waals surface area contributed by atoms with Crippen LogP contribution in [0.5, 0.6) is 0 Å². The summed E-state index contributed by atoms with van der Waals surface area (Å²) < 4.78 is 28.7. The maximum Gasteiger partial charge on any atom is 0.349 e. The Morgan fingerprint density at radius 2 is 1.76 bits per heavy atom. The molecule has 2 aliphatic rings. The molecule has 1 amide bonds. The number of nitrogens with one attached hydrogen (secondary N) is 2. The molecule has 3 heterocycles. The predicted molar refractivity (Wildman–Crippen MR) is 164 cm³/mol. The second-order valence-corrected chi connectivity index (χ2v) is 24.4. The third-order valence-corrected chi connectivity index (χ3v) is 18.3. The van der Waals surface area contributed by atoms with E-state index in [0.29, 0.717) is 19.7 Å². The molecular weight excluding hydrogens is 561 g/mol. The highest BCUT2D eigenvalue weighted by molar-refractivity contribution is 6.74. The SMILES string of the molecule is CC(C)(C)[Si](C)(C)OC1[C@H]2O[Si](C(C)(C)C)(C(C)(C)C)OC[C@H]2O[C@H]1c1cn(CCC(=O)NCCN)c(=O)[nH]c1=O. The molecule has 2 saturated heterocycles. The molecule has 4 N–H and O–H groups in total. The number of H-pyrrole nitrogens is 1. The molecule has 0 spiro atoms. The number of carbonyl (C=O) groups is 1. The highest BCUT2D eigenvalue weighted by Gasteiger charge is 2.65. The Kier molecular flexibility index (Phi) is 9.76. The van der Waals surface area contributed by atoms with Crippen LogP contribution in [0.15, 0.2) is 15.8 Å². The van der Waals surface area contributed by atoms with E-state index >= 15 is 0 Å². The minimum absolute atomic E-state index is 0.0638. The average Bonchev–Trinajstić information content (AvgIpc) is 3.16. The van der Waals surface area contributed by atoms with Gasteiger partial charge in [-0.15, -0.1) is 0 Å². The summed E-state index contributed by atoms with van der Waals surface area (Å²) in [5, 5.41) is 2.10. The van der Waals surface area contributed by atoms with Gasteiger partial charge in [0.1, 0.15) is 24.4 Å². The second kappa shape index (κ2) is 11.8. The Hall–Kier alpha value is -1.62. The third kappa shape index (κ3) is 6.81. The van der Waals surface area contributed by atoms with E-state index in [2.05, 4.69) is 85.7 Å². The molecule has 41 heavy (non-hydrogen) atoms. The molecule has 11 nitrogen and oxygen atoms in total. The number of aryl methyl sites for hydroxylation is 1. The van der Waals surface area contributed by atoms with E-state index in [4.69, 9.17) is 23.7 Å². The molecule has 13 heteroatoms. The number of fused-ring (bicyclic) bond motifs is 1. The van der Waals surface area contributed by atoms with Crippen LogP contribution in [-0.4, -0.2) is 70.3 Å². The summed E-state index contributed by atoms with van der Waals surface area (Å²) in [6.07, 6.45) is -0.693. The van der Waals surface area contributed by atoms with Crippen molar-refractivity contribution in [1.82, 2.24) is 14.9 Å². The maximum absolute atomic E-state index is 13.3. The summed E-state index contributed by atoms with van der Waals surface area (Å²) in [6, 6.07) is 0. The van der Waals surface area contributed by atoms with Crippen molar-refractivity contribution >= 4 is 22.8 Å². The molecule has 234 valence electrons. The van der Waals surface area contributed by atoms with Crippen molar-refractivity contribution in [3.63, 3.8) is 0 Å². The van der Waals surface area contributed by atoms with Gasteiger partial charge in [-0.25, -0.2) is 4.79 Å². The van der Waals surface area contributed by atoms with Gasteiger partial charge in [-0.2, -0.15) is 0 Å². The largest absolute Gasteiger partial charge is 0.408 e. The molecule has 0 aromatic carbocycles. The summed E-state index contributed by atoms with van der Waals surface area (Å²) in [4.78, 5) is 40.5. The highest BCUT2D eigenvalue weighted by atomic mass is 28.4. The van der Waals surface area contributed by atoms with Gasteiger partial charge in [0.25, 0.3) is 5.56 Å². The molecule has 1 aromatic rings. The molecule has 0 radical (unpaired) electrons. The summed E-state index contributed by atoms with van der Waals surface area (Å²) in [7, 11) is -5.25. The fourth-order valence-corrected chi connectivity index (χ4v) is 11.9. The molecule has 4 atom stereocenters. The first-order valence-corrected chi connectivity index (χ1v) is 19.3. The van der Waals surface area contributed by atoms with Crippen molar-refractivity contribution in [1.29, 1.82) is 0 Å². The van der Waals surface area contributed by atoms with Gasteiger partial charge in [-0.05, 0) is 18.1 Å². The van der Waals surface area contributed by atoms with Crippen LogP contribution in [0.2, 0.25) is 28.2 Å². The van der Waals surface area contributed by atoms with E-state index in [1.807, 2.05) is 0 Å². The Balaban J connectivity index is 2.07. The van der Waals surface area contributed by atoms with Crippen LogP contribution in [0.25, 0.3) is 0 Å². The second-order valence-electron chi connectivity index (χ2n) is 14.9. The van der Waals surface area contributed by atoms with Gasteiger partial charge in [-0.3, -0.25) is 19.1 Å². The van der Waals surface area contributed by atoms with Gasteiger partial charge in [0.15, 0.2) is 8.32 Å². The lowest BCUT2D eigenvalue weighted by Gasteiger charge is -2.54. The maximum atomic E-state index is 13.3. The fourth-order valence-electron chi connectivity index (χ4n) is 5.65. The molecule has 0 saturated carbocycles. The number of nitrogens with two attached hydrogens (primary N) is 1. The minimum atomic E-state index is -2.87. The minimum Gasteiger partial charge on any atom is -0.408 e. The van der Waals surface area contributed by atoms with E-state index < -0.39 is 52.5 Å². The van der Waals surface area contributed by atoms with Crippen molar-refractivity contribution in [3.05, 3.63) is 32.6 Å². The number of nitrogens with zero attached hydrogens (tertiary/aromatic N) is 1. The zero-order valence-electron chi connectivity index (χ0n) is 26.8. The summed E-state index contributed by atoms with van der Waals surface area (Å²) in [5.74, 6) is -0.228. The van der Waals surface area contributed by atoms with Crippen LogP contribution in [0, 0.1) is 0 Å². The summed E-state index contributed by atoms with van der Waals surface area (Å²) in [5.41, 5.74) is 4.61. The van der Waals surface area contributed by atoms with Gasteiger partial charge in [0.2, 0.25) is 5.91 Å². The lowest BCUT2D eigenvalue weighted by molar-refractivity contribution is -0.121. The Bertz CT molecular complexity index is 1200. The van der Waals surface area contributed by atoms with E-state index in [1.54, 1.807) is 0 Å². The summed E-state index contributed by atoms with van der Waals surface area (Å²) >= 11 is 0. The first-order valence-electron chi connectivity index (χ1n) is 14.6. The van der Waals surface area contributed by atoms with Crippen molar-refractivity contribution in [2.45, 2.75) is 128 Å². The molecular formula is C28H52N4O7Si2. The highest BCUT2D eigenvalue weighted by Crippen LogP contribution is 2.56. The summed E-state index contributed by atoms with van der Waals surface area (Å²) in [6.45, 7) is 24.9. The van der Waals surface area contributed by atoms with Crippen molar-refractivity contribution < 1.29 is 22.8 Å². The number of hydrogen-bond donors (Lipinski definition) is 3. The van der Waals surface area contributed by atoms with Crippen LogP contribution in [-0.2, 0) is 29.4 Å². The predicted octanol–water partition coefficient (Wildman–Crippen LogP) is 3.29. The van der Waals surface area contributed by atoms with Gasteiger partial charge in [-0.1, -0.05) is 62.3 Å². The van der Waals surface area contributed by atoms with Crippen molar-refractivity contribution in [3.8, 4) is 0 Å². The molecule has 0 bridgehead atoms. The molecule has 1 unspecified atom stereocenters. The number of carbonyl (C=O) groups excluding carboxylic acids is 1.